The van der Waals surface area contributed by atoms with Crippen LogP contribution in [0.4, 0.5) is 4.79 Å². The molecule has 1 aliphatic rings. The van der Waals surface area contributed by atoms with Crippen LogP contribution in [0.3, 0.4) is 0 Å². The van der Waals surface area contributed by atoms with Gasteiger partial charge in [0.15, 0.2) is 5.16 Å². The van der Waals surface area contributed by atoms with Crippen molar-refractivity contribution in [1.82, 2.24) is 14.9 Å². The predicted molar refractivity (Wildman–Crippen MR) is 92.2 cm³/mol. The van der Waals surface area contributed by atoms with Crippen LogP contribution in [0, 0.1) is 0 Å². The Morgan fingerprint density at radius 2 is 2.13 bits per heavy atom. The molecule has 0 bridgehead atoms. The van der Waals surface area contributed by atoms with E-state index in [9.17, 15) is 4.79 Å². The second-order valence-corrected chi connectivity index (χ2v) is 7.22. The lowest BCUT2D eigenvalue weighted by molar-refractivity contribution is 0.0207. The molecule has 1 aromatic rings. The normalized spacial score (nSPS) is 16.8. The summed E-state index contributed by atoms with van der Waals surface area (Å²) in [6.07, 6.45) is 6.94. The first-order valence-corrected chi connectivity index (χ1v) is 8.98. The van der Waals surface area contributed by atoms with E-state index < -0.39 is 5.60 Å². The molecule has 0 aliphatic carbocycles. The molecule has 2 heterocycles. The number of aromatic nitrogens is 2. The summed E-state index contributed by atoms with van der Waals surface area (Å²) in [6, 6.07) is 2.07. The quantitative estimate of drug-likeness (QED) is 0.482. The van der Waals surface area contributed by atoms with Gasteiger partial charge in [0, 0.05) is 25.5 Å². The van der Waals surface area contributed by atoms with Crippen molar-refractivity contribution in [3.8, 4) is 0 Å². The van der Waals surface area contributed by atoms with E-state index in [0.29, 0.717) is 13.1 Å². The van der Waals surface area contributed by atoms with Gasteiger partial charge in [-0.15, -0.1) is 0 Å². The lowest BCUT2D eigenvalue weighted by atomic mass is 10.1. The Morgan fingerprint density at radius 3 is 2.74 bits per heavy atom. The highest BCUT2D eigenvalue weighted by Gasteiger charge is 2.26. The minimum atomic E-state index is -0.450. The van der Waals surface area contributed by atoms with E-state index in [-0.39, 0.29) is 12.1 Å². The first-order chi connectivity index (χ1) is 10.9. The Labute approximate surface area is 141 Å². The van der Waals surface area contributed by atoms with E-state index >= 15 is 0 Å². The third-order valence-electron chi connectivity index (χ3n) is 3.37. The summed E-state index contributed by atoms with van der Waals surface area (Å²) in [7, 11) is 0. The molecule has 0 saturated carbocycles. The standard InChI is InChI=1S/C16H24N4O2S/c1-16(2,3)22-15(21)20-9-6-12(7-10-20)18-11-13-5-8-17-14(19-13)23-4/h5,8,11-12H,6-7,9-10H2,1-4H3/b18-11+. The number of rotatable bonds is 3. The van der Waals surface area contributed by atoms with Gasteiger partial charge in [0.25, 0.3) is 0 Å². The molecule has 23 heavy (non-hydrogen) atoms. The number of hydrogen-bond donors (Lipinski definition) is 0. The summed E-state index contributed by atoms with van der Waals surface area (Å²) in [5.74, 6) is 0. The number of nitrogens with zero attached hydrogens (tertiary/aromatic N) is 4. The van der Waals surface area contributed by atoms with Crippen LogP contribution in [-0.2, 0) is 4.74 Å². The maximum Gasteiger partial charge on any atom is 0.410 e. The van der Waals surface area contributed by atoms with Gasteiger partial charge in [-0.1, -0.05) is 11.8 Å². The molecular weight excluding hydrogens is 312 g/mol. The van der Waals surface area contributed by atoms with Gasteiger partial charge >= 0.3 is 6.09 Å². The monoisotopic (exact) mass is 336 g/mol. The minimum Gasteiger partial charge on any atom is -0.444 e. The number of carbonyl (C=O) groups is 1. The Hall–Kier alpha value is -1.63. The fraction of sp³-hybridized carbons (Fsp3) is 0.625. The first-order valence-electron chi connectivity index (χ1n) is 7.75. The second-order valence-electron chi connectivity index (χ2n) is 6.44. The van der Waals surface area contributed by atoms with E-state index in [1.807, 2.05) is 33.1 Å². The highest BCUT2D eigenvalue weighted by atomic mass is 32.2. The van der Waals surface area contributed by atoms with Gasteiger partial charge in [-0.3, -0.25) is 4.99 Å². The van der Waals surface area contributed by atoms with Crippen LogP contribution >= 0.6 is 11.8 Å². The number of piperidine rings is 1. The fourth-order valence-electron chi connectivity index (χ4n) is 2.23. The zero-order chi connectivity index (χ0) is 16.9. The Balaban J connectivity index is 1.84. The SMILES string of the molecule is CSc1nccc(/C=N/C2CCN(C(=O)OC(C)(C)C)CC2)n1. The molecule has 2 rings (SSSR count). The molecule has 6 nitrogen and oxygen atoms in total. The summed E-state index contributed by atoms with van der Waals surface area (Å²) in [5.41, 5.74) is 0.368. The molecule has 7 heteroatoms. The lowest BCUT2D eigenvalue weighted by Crippen LogP contribution is -2.42. The van der Waals surface area contributed by atoms with Crippen LogP contribution in [0.2, 0.25) is 0 Å². The molecule has 0 atom stereocenters. The van der Waals surface area contributed by atoms with E-state index in [1.165, 1.54) is 11.8 Å². The van der Waals surface area contributed by atoms with Crippen molar-refractivity contribution in [2.75, 3.05) is 19.3 Å². The topological polar surface area (TPSA) is 67.7 Å². The van der Waals surface area contributed by atoms with Gasteiger partial charge in [-0.25, -0.2) is 14.8 Å². The molecule has 0 aromatic carbocycles. The van der Waals surface area contributed by atoms with Gasteiger partial charge in [0.2, 0.25) is 0 Å². The highest BCUT2D eigenvalue weighted by molar-refractivity contribution is 7.98. The number of carbonyl (C=O) groups excluding carboxylic acids is 1. The second kappa shape index (κ2) is 7.77. The zero-order valence-electron chi connectivity index (χ0n) is 14.2. The molecule has 0 N–H and O–H groups in total. The average Bonchev–Trinajstić information content (AvgIpc) is 2.52. The zero-order valence-corrected chi connectivity index (χ0v) is 15.0. The van der Waals surface area contributed by atoms with Crippen molar-refractivity contribution in [2.24, 2.45) is 4.99 Å². The van der Waals surface area contributed by atoms with Gasteiger partial charge in [0.05, 0.1) is 11.7 Å². The van der Waals surface area contributed by atoms with Crippen LogP contribution in [0.25, 0.3) is 0 Å². The number of ether oxygens (including phenoxy) is 1. The summed E-state index contributed by atoms with van der Waals surface area (Å²) in [4.78, 5) is 26.9. The van der Waals surface area contributed by atoms with Crippen molar-refractivity contribution in [3.05, 3.63) is 18.0 Å². The van der Waals surface area contributed by atoms with Crippen LogP contribution < -0.4 is 0 Å². The van der Waals surface area contributed by atoms with Gasteiger partial charge in [-0.2, -0.15) is 0 Å². The average molecular weight is 336 g/mol. The fourth-order valence-corrected chi connectivity index (χ4v) is 2.59. The third kappa shape index (κ3) is 5.82. The number of likely N-dealkylation sites (tertiary alicyclic amines) is 1. The van der Waals surface area contributed by atoms with Crippen LogP contribution in [0.5, 0.6) is 0 Å². The number of amides is 1. The molecule has 1 amide bonds. The number of aliphatic imine (C=N–C) groups is 1. The van der Waals surface area contributed by atoms with Crippen molar-refractivity contribution in [1.29, 1.82) is 0 Å². The van der Waals surface area contributed by atoms with Crippen molar-refractivity contribution >= 4 is 24.1 Å². The van der Waals surface area contributed by atoms with Crippen molar-refractivity contribution in [3.63, 3.8) is 0 Å². The minimum absolute atomic E-state index is 0.224. The summed E-state index contributed by atoms with van der Waals surface area (Å²) in [5, 5.41) is 0.744. The number of thioether (sulfide) groups is 1. The van der Waals surface area contributed by atoms with E-state index in [2.05, 4.69) is 15.0 Å². The van der Waals surface area contributed by atoms with E-state index in [0.717, 1.165) is 23.7 Å². The Bertz CT molecular complexity index is 563. The molecule has 1 aliphatic heterocycles. The van der Waals surface area contributed by atoms with Crippen LogP contribution in [-0.4, -0.2) is 58.2 Å². The summed E-state index contributed by atoms with van der Waals surface area (Å²) >= 11 is 1.51. The van der Waals surface area contributed by atoms with Crippen LogP contribution in [0.1, 0.15) is 39.3 Å². The molecule has 126 valence electrons. The van der Waals surface area contributed by atoms with Crippen LogP contribution in [0.15, 0.2) is 22.4 Å². The Kier molecular flexibility index (Phi) is 5.98. The van der Waals surface area contributed by atoms with E-state index in [1.54, 1.807) is 17.3 Å². The molecule has 1 aromatic heterocycles. The molecule has 0 spiro atoms. The smallest absolute Gasteiger partial charge is 0.410 e. The molecule has 1 fully saturated rings. The third-order valence-corrected chi connectivity index (χ3v) is 3.93. The molecule has 1 saturated heterocycles. The van der Waals surface area contributed by atoms with E-state index in [4.69, 9.17) is 4.74 Å². The van der Waals surface area contributed by atoms with Gasteiger partial charge in [0.1, 0.15) is 5.60 Å². The molecule has 0 unspecified atom stereocenters. The lowest BCUT2D eigenvalue weighted by Gasteiger charge is -2.32. The van der Waals surface area contributed by atoms with Crippen molar-refractivity contribution < 1.29 is 9.53 Å². The first kappa shape index (κ1) is 17.7. The predicted octanol–water partition coefficient (Wildman–Crippen LogP) is 3.02. The molecule has 0 radical (unpaired) electrons. The van der Waals surface area contributed by atoms with Gasteiger partial charge in [-0.05, 0) is 45.9 Å². The number of hydrogen-bond acceptors (Lipinski definition) is 6. The summed E-state index contributed by atoms with van der Waals surface area (Å²) in [6.45, 7) is 7.00. The van der Waals surface area contributed by atoms with Gasteiger partial charge < -0.3 is 9.64 Å². The summed E-state index contributed by atoms with van der Waals surface area (Å²) < 4.78 is 5.40. The molecular formula is C16H24N4O2S. The largest absolute Gasteiger partial charge is 0.444 e. The maximum atomic E-state index is 12.0. The highest BCUT2D eigenvalue weighted by Crippen LogP contribution is 2.17. The Morgan fingerprint density at radius 1 is 1.43 bits per heavy atom. The van der Waals surface area contributed by atoms with Crippen molar-refractivity contribution in [2.45, 2.75) is 50.4 Å². The maximum absolute atomic E-state index is 12.0.